The Labute approximate surface area is 212 Å². The molecule has 6 nitrogen and oxygen atoms in total. The fourth-order valence-corrected chi connectivity index (χ4v) is 4.14. The van der Waals surface area contributed by atoms with Crippen molar-refractivity contribution in [2.75, 3.05) is 23.7 Å². The van der Waals surface area contributed by atoms with Crippen LogP contribution in [-0.4, -0.2) is 30.1 Å². The minimum absolute atomic E-state index is 0.0264. The maximum atomic E-state index is 13.0. The van der Waals surface area contributed by atoms with Gasteiger partial charge in [0.15, 0.2) is 0 Å². The third-order valence-electron chi connectivity index (χ3n) is 6.12. The van der Waals surface area contributed by atoms with E-state index in [1.54, 1.807) is 18.2 Å². The predicted octanol–water partition coefficient (Wildman–Crippen LogP) is 6.03. The zero-order chi connectivity index (χ0) is 24.8. The lowest BCUT2D eigenvalue weighted by molar-refractivity contribution is 0.102. The summed E-state index contributed by atoms with van der Waals surface area (Å²) in [5.74, 6) is 1.12. The largest absolute Gasteiger partial charge is 0.490 e. The van der Waals surface area contributed by atoms with Crippen LogP contribution in [0.3, 0.4) is 0 Å². The van der Waals surface area contributed by atoms with E-state index in [-0.39, 0.29) is 17.4 Å². The van der Waals surface area contributed by atoms with Crippen molar-refractivity contribution in [1.29, 1.82) is 0 Å². The molecule has 184 valence electrons. The smallest absolute Gasteiger partial charge is 0.258 e. The first kappa shape index (κ1) is 25.0. The van der Waals surface area contributed by atoms with Crippen LogP contribution in [-0.2, 0) is 12.0 Å². The molecule has 1 fully saturated rings. The molecule has 3 N–H and O–H groups in total. The fourth-order valence-electron chi connectivity index (χ4n) is 4.03. The van der Waals surface area contributed by atoms with E-state index in [0.717, 1.165) is 42.9 Å². The second kappa shape index (κ2) is 11.1. The van der Waals surface area contributed by atoms with E-state index < -0.39 is 0 Å². The highest BCUT2D eigenvalue weighted by Gasteiger charge is 2.20. The average Bonchev–Trinajstić information content (AvgIpc) is 2.85. The van der Waals surface area contributed by atoms with Crippen LogP contribution in [0.25, 0.3) is 0 Å². The predicted molar refractivity (Wildman–Crippen MR) is 143 cm³/mol. The number of hydrogen-bond acceptors (Lipinski definition) is 5. The highest BCUT2D eigenvalue weighted by atomic mass is 35.5. The first-order valence-electron chi connectivity index (χ1n) is 12.1. The van der Waals surface area contributed by atoms with Gasteiger partial charge in [0.2, 0.25) is 0 Å². The molecule has 0 atom stereocenters. The van der Waals surface area contributed by atoms with Crippen LogP contribution in [0.1, 0.15) is 55.1 Å². The summed E-state index contributed by atoms with van der Waals surface area (Å²) in [6, 6.07) is 17.3. The number of aromatic nitrogens is 1. The number of halogens is 1. The Morgan fingerprint density at radius 2 is 1.89 bits per heavy atom. The summed E-state index contributed by atoms with van der Waals surface area (Å²) >= 11 is 5.90. The van der Waals surface area contributed by atoms with Crippen molar-refractivity contribution in [3.8, 4) is 5.75 Å². The normalized spacial score (nSPS) is 14.4. The van der Waals surface area contributed by atoms with Gasteiger partial charge in [-0.1, -0.05) is 56.6 Å². The summed E-state index contributed by atoms with van der Waals surface area (Å²) in [6.45, 7) is 9.11. The van der Waals surface area contributed by atoms with Crippen molar-refractivity contribution < 1.29 is 9.53 Å². The molecule has 4 rings (SSSR count). The van der Waals surface area contributed by atoms with Crippen LogP contribution >= 0.6 is 11.6 Å². The number of pyridine rings is 1. The molecule has 1 aliphatic heterocycles. The van der Waals surface area contributed by atoms with E-state index in [0.29, 0.717) is 22.9 Å². The summed E-state index contributed by atoms with van der Waals surface area (Å²) in [4.78, 5) is 17.1. The zero-order valence-electron chi connectivity index (χ0n) is 20.5. The van der Waals surface area contributed by atoms with E-state index in [2.05, 4.69) is 59.9 Å². The van der Waals surface area contributed by atoms with Crippen LogP contribution in [0.5, 0.6) is 5.75 Å². The molecule has 1 aromatic heterocycles. The van der Waals surface area contributed by atoms with Gasteiger partial charge in [-0.2, -0.15) is 0 Å². The number of benzene rings is 2. The molecule has 0 bridgehead atoms. The monoisotopic (exact) mass is 492 g/mol. The first-order valence-corrected chi connectivity index (χ1v) is 12.4. The average molecular weight is 493 g/mol. The van der Waals surface area contributed by atoms with Crippen LogP contribution in [0.2, 0.25) is 5.02 Å². The van der Waals surface area contributed by atoms with E-state index in [4.69, 9.17) is 16.3 Å². The maximum absolute atomic E-state index is 13.0. The summed E-state index contributed by atoms with van der Waals surface area (Å²) < 4.78 is 6.50. The minimum Gasteiger partial charge on any atom is -0.490 e. The fraction of sp³-hybridized carbons (Fsp3) is 0.357. The Hall–Kier alpha value is -3.09. The number of amides is 1. The molecular formula is C28H33ClN4O2. The molecule has 35 heavy (non-hydrogen) atoms. The number of para-hydroxylation sites is 1. The Morgan fingerprint density at radius 1 is 1.11 bits per heavy atom. The number of nitrogens with one attached hydrogen (secondary N) is 3. The standard InChI is InChI=1S/C28H33ClN4O2/c1-28(2,3)20-9-8-19(25(16-20)35-22-12-14-30-15-13-22)17-31-24-7-5-4-6-23(24)27(34)33-26-11-10-21(29)18-32-26/h4-11,16,18,22,30-31H,12-15,17H2,1-3H3,(H,32,33,34). The molecule has 0 radical (unpaired) electrons. The molecule has 0 saturated carbocycles. The molecular weight excluding hydrogens is 460 g/mol. The zero-order valence-corrected chi connectivity index (χ0v) is 21.3. The second-order valence-electron chi connectivity index (χ2n) is 9.85. The molecule has 0 aliphatic carbocycles. The highest BCUT2D eigenvalue weighted by molar-refractivity contribution is 6.30. The molecule has 7 heteroatoms. The van der Waals surface area contributed by atoms with Gasteiger partial charge in [-0.05, 0) is 67.2 Å². The number of carbonyl (C=O) groups is 1. The maximum Gasteiger partial charge on any atom is 0.258 e. The van der Waals surface area contributed by atoms with Gasteiger partial charge in [-0.25, -0.2) is 4.98 Å². The number of anilines is 2. The number of rotatable bonds is 7. The quantitative estimate of drug-likeness (QED) is 0.375. The molecule has 0 spiro atoms. The van der Waals surface area contributed by atoms with E-state index in [9.17, 15) is 4.79 Å². The van der Waals surface area contributed by atoms with Crippen molar-refractivity contribution >= 4 is 29.0 Å². The van der Waals surface area contributed by atoms with Crippen molar-refractivity contribution in [2.45, 2.75) is 51.7 Å². The number of ether oxygens (including phenoxy) is 1. The van der Waals surface area contributed by atoms with Gasteiger partial charge in [-0.3, -0.25) is 4.79 Å². The molecule has 3 aromatic rings. The third-order valence-corrected chi connectivity index (χ3v) is 6.35. The van der Waals surface area contributed by atoms with E-state index >= 15 is 0 Å². The molecule has 2 heterocycles. The summed E-state index contributed by atoms with van der Waals surface area (Å²) in [6.07, 6.45) is 3.70. The Morgan fingerprint density at radius 3 is 2.60 bits per heavy atom. The van der Waals surface area contributed by atoms with Crippen molar-refractivity contribution in [3.63, 3.8) is 0 Å². The lowest BCUT2D eigenvalue weighted by Crippen LogP contribution is -2.34. The number of nitrogens with zero attached hydrogens (tertiary/aromatic N) is 1. The van der Waals surface area contributed by atoms with Crippen molar-refractivity contribution in [1.82, 2.24) is 10.3 Å². The van der Waals surface area contributed by atoms with E-state index in [1.807, 2.05) is 18.2 Å². The van der Waals surface area contributed by atoms with E-state index in [1.165, 1.54) is 11.8 Å². The summed E-state index contributed by atoms with van der Waals surface area (Å²) in [7, 11) is 0. The van der Waals surface area contributed by atoms with Gasteiger partial charge >= 0.3 is 0 Å². The van der Waals surface area contributed by atoms with Gasteiger partial charge in [-0.15, -0.1) is 0 Å². The summed E-state index contributed by atoms with van der Waals surface area (Å²) in [5, 5.41) is 10.2. The SMILES string of the molecule is CC(C)(C)c1ccc(CNc2ccccc2C(=O)Nc2ccc(Cl)cn2)c(OC2CCNCC2)c1. The Bertz CT molecular complexity index is 1150. The Balaban J connectivity index is 1.52. The van der Waals surface area contributed by atoms with Gasteiger partial charge in [0.05, 0.1) is 10.6 Å². The van der Waals surface area contributed by atoms with Gasteiger partial charge in [0, 0.05) is 24.0 Å². The van der Waals surface area contributed by atoms with Crippen LogP contribution in [0.15, 0.2) is 60.8 Å². The van der Waals surface area contributed by atoms with Crippen LogP contribution in [0.4, 0.5) is 11.5 Å². The highest BCUT2D eigenvalue weighted by Crippen LogP contribution is 2.31. The molecule has 1 saturated heterocycles. The molecule has 1 amide bonds. The van der Waals surface area contributed by atoms with Crippen LogP contribution in [0, 0.1) is 0 Å². The third kappa shape index (κ3) is 6.74. The lowest BCUT2D eigenvalue weighted by atomic mass is 9.86. The van der Waals surface area contributed by atoms with Crippen molar-refractivity contribution in [3.05, 3.63) is 82.5 Å². The second-order valence-corrected chi connectivity index (χ2v) is 10.3. The molecule has 2 aromatic carbocycles. The molecule has 0 unspecified atom stereocenters. The topological polar surface area (TPSA) is 75.3 Å². The molecule has 1 aliphatic rings. The minimum atomic E-state index is -0.239. The lowest BCUT2D eigenvalue weighted by Gasteiger charge is -2.27. The van der Waals surface area contributed by atoms with Crippen molar-refractivity contribution in [2.24, 2.45) is 0 Å². The van der Waals surface area contributed by atoms with Gasteiger partial charge < -0.3 is 20.7 Å². The van der Waals surface area contributed by atoms with Crippen LogP contribution < -0.4 is 20.7 Å². The number of piperidine rings is 1. The summed E-state index contributed by atoms with van der Waals surface area (Å²) in [5.41, 5.74) is 3.60. The Kier molecular flexibility index (Phi) is 7.93. The van der Waals surface area contributed by atoms with Gasteiger partial charge in [0.25, 0.3) is 5.91 Å². The first-order chi connectivity index (χ1) is 16.8. The van der Waals surface area contributed by atoms with Gasteiger partial charge in [0.1, 0.15) is 17.7 Å². The number of hydrogen-bond donors (Lipinski definition) is 3. The number of carbonyl (C=O) groups excluding carboxylic acids is 1.